The lowest BCUT2D eigenvalue weighted by Gasteiger charge is -2.29. The van der Waals surface area contributed by atoms with E-state index in [-0.39, 0.29) is 24.0 Å². The van der Waals surface area contributed by atoms with Gasteiger partial charge in [0.25, 0.3) is 0 Å². The molecule has 1 rings (SSSR count). The van der Waals surface area contributed by atoms with Gasteiger partial charge in [-0.3, -0.25) is 14.4 Å². The second-order valence-electron chi connectivity index (χ2n) is 6.14. The van der Waals surface area contributed by atoms with Crippen molar-refractivity contribution in [3.05, 3.63) is 0 Å². The number of hydrogen-bond donors (Lipinski definition) is 3. The predicted octanol–water partition coefficient (Wildman–Crippen LogP) is 0.476. The maximum Gasteiger partial charge on any atom is 0.326 e. The van der Waals surface area contributed by atoms with Gasteiger partial charge in [0.1, 0.15) is 17.9 Å². The summed E-state index contributed by atoms with van der Waals surface area (Å²) in [5.74, 6) is -2.58. The molecule has 0 aromatic carbocycles. The van der Waals surface area contributed by atoms with Crippen molar-refractivity contribution >= 4 is 23.6 Å². The molecule has 7 nitrogen and oxygen atoms in total. The Morgan fingerprint density at radius 3 is 2.32 bits per heavy atom. The zero-order valence-corrected chi connectivity index (χ0v) is 13.2. The zero-order valence-electron chi connectivity index (χ0n) is 13.2. The van der Waals surface area contributed by atoms with Gasteiger partial charge in [-0.1, -0.05) is 13.8 Å². The summed E-state index contributed by atoms with van der Waals surface area (Å²) >= 11 is 0. The van der Waals surface area contributed by atoms with Crippen molar-refractivity contribution in [2.45, 2.75) is 58.5 Å². The summed E-state index contributed by atoms with van der Waals surface area (Å²) in [5, 5.41) is 14.4. The van der Waals surface area contributed by atoms with Gasteiger partial charge in [0.15, 0.2) is 0 Å². The molecule has 124 valence electrons. The molecule has 7 heteroatoms. The van der Waals surface area contributed by atoms with Crippen molar-refractivity contribution in [2.24, 2.45) is 11.8 Å². The van der Waals surface area contributed by atoms with Crippen LogP contribution >= 0.6 is 0 Å². The summed E-state index contributed by atoms with van der Waals surface area (Å²) in [4.78, 5) is 46.4. The summed E-state index contributed by atoms with van der Waals surface area (Å²) in [6.07, 6.45) is 1.87. The Kier molecular flexibility index (Phi) is 6.52. The van der Waals surface area contributed by atoms with Gasteiger partial charge in [-0.15, -0.1) is 0 Å². The van der Waals surface area contributed by atoms with E-state index in [9.17, 15) is 24.3 Å². The highest BCUT2D eigenvalue weighted by atomic mass is 16.4. The van der Waals surface area contributed by atoms with Gasteiger partial charge in [0.2, 0.25) is 11.8 Å². The Labute approximate surface area is 129 Å². The van der Waals surface area contributed by atoms with Crippen LogP contribution in [0.5, 0.6) is 0 Å². The highest BCUT2D eigenvalue weighted by Gasteiger charge is 2.35. The van der Waals surface area contributed by atoms with E-state index in [1.54, 1.807) is 13.8 Å². The Balaban J connectivity index is 2.80. The van der Waals surface area contributed by atoms with E-state index in [2.05, 4.69) is 10.6 Å². The quantitative estimate of drug-likeness (QED) is 0.660. The summed E-state index contributed by atoms with van der Waals surface area (Å²) in [6.45, 7) is 4.83. The molecule has 22 heavy (non-hydrogen) atoms. The summed E-state index contributed by atoms with van der Waals surface area (Å²) < 4.78 is 0. The molecular weight excluding hydrogens is 288 g/mol. The van der Waals surface area contributed by atoms with Crippen molar-refractivity contribution in [2.75, 3.05) is 0 Å². The zero-order chi connectivity index (χ0) is 16.9. The SMILES string of the molecule is CC(=O)N[C@@H](C(=O)N[C@@H](C(=O)O)[C@H]1CCCC(=O)C1)C(C)C. The van der Waals surface area contributed by atoms with Crippen molar-refractivity contribution in [3.63, 3.8) is 0 Å². The van der Waals surface area contributed by atoms with Crippen LogP contribution < -0.4 is 10.6 Å². The summed E-state index contributed by atoms with van der Waals surface area (Å²) in [5.41, 5.74) is 0. The van der Waals surface area contributed by atoms with Crippen LogP contribution in [0.1, 0.15) is 46.5 Å². The third-order valence-corrected chi connectivity index (χ3v) is 3.86. The fourth-order valence-electron chi connectivity index (χ4n) is 2.72. The minimum atomic E-state index is -1.15. The predicted molar refractivity (Wildman–Crippen MR) is 79.0 cm³/mol. The molecule has 3 atom stereocenters. The third-order valence-electron chi connectivity index (χ3n) is 3.86. The van der Waals surface area contributed by atoms with E-state index in [1.807, 2.05) is 0 Å². The van der Waals surface area contributed by atoms with E-state index in [0.717, 1.165) is 0 Å². The molecule has 1 fully saturated rings. The molecule has 1 aliphatic carbocycles. The van der Waals surface area contributed by atoms with Gasteiger partial charge in [-0.25, -0.2) is 4.79 Å². The number of amides is 2. The van der Waals surface area contributed by atoms with Gasteiger partial charge in [0.05, 0.1) is 0 Å². The lowest BCUT2D eigenvalue weighted by molar-refractivity contribution is -0.145. The monoisotopic (exact) mass is 312 g/mol. The van der Waals surface area contributed by atoms with E-state index >= 15 is 0 Å². The van der Waals surface area contributed by atoms with Crippen LogP contribution in [-0.4, -0.2) is 40.8 Å². The molecule has 0 spiro atoms. The maximum atomic E-state index is 12.3. The number of carboxylic acids is 1. The molecule has 0 aromatic rings. The standard InChI is InChI=1S/C15H24N2O5/c1-8(2)12(16-9(3)18)14(20)17-13(15(21)22)10-5-4-6-11(19)7-10/h8,10,12-13H,4-7H2,1-3H3,(H,16,18)(H,17,20)(H,21,22)/t10-,12+,13+/m0/s1. The van der Waals surface area contributed by atoms with Crippen molar-refractivity contribution in [1.82, 2.24) is 10.6 Å². The summed E-state index contributed by atoms with van der Waals surface area (Å²) in [7, 11) is 0. The molecule has 0 radical (unpaired) electrons. The van der Waals surface area contributed by atoms with Crippen molar-refractivity contribution in [3.8, 4) is 0 Å². The normalized spacial score (nSPS) is 21.1. The number of nitrogens with one attached hydrogen (secondary N) is 2. The number of Topliss-reactive ketones (excluding diaryl/α,β-unsaturated/α-hetero) is 1. The van der Waals surface area contributed by atoms with Crippen molar-refractivity contribution in [1.29, 1.82) is 0 Å². The molecule has 0 saturated heterocycles. The molecule has 2 amide bonds. The molecule has 0 unspecified atom stereocenters. The van der Waals surface area contributed by atoms with Crippen LogP contribution in [0.25, 0.3) is 0 Å². The molecule has 0 heterocycles. The smallest absolute Gasteiger partial charge is 0.326 e. The molecular formula is C15H24N2O5. The average molecular weight is 312 g/mol. The topological polar surface area (TPSA) is 113 Å². The van der Waals surface area contributed by atoms with E-state index in [1.165, 1.54) is 6.92 Å². The summed E-state index contributed by atoms with van der Waals surface area (Å²) in [6, 6.07) is -1.90. The van der Waals surface area contributed by atoms with Gasteiger partial charge in [-0.05, 0) is 24.7 Å². The number of aliphatic carboxylic acids is 1. The Morgan fingerprint density at radius 1 is 1.23 bits per heavy atom. The number of hydrogen-bond acceptors (Lipinski definition) is 4. The van der Waals surface area contributed by atoms with Crippen LogP contribution in [0.2, 0.25) is 0 Å². The van der Waals surface area contributed by atoms with E-state index in [4.69, 9.17) is 0 Å². The van der Waals surface area contributed by atoms with Crippen LogP contribution in [0, 0.1) is 11.8 Å². The van der Waals surface area contributed by atoms with Crippen LogP contribution in [0.4, 0.5) is 0 Å². The lowest BCUT2D eigenvalue weighted by atomic mass is 9.83. The lowest BCUT2D eigenvalue weighted by Crippen LogP contribution is -2.55. The van der Waals surface area contributed by atoms with Gasteiger partial charge in [-0.2, -0.15) is 0 Å². The first-order valence-corrected chi connectivity index (χ1v) is 7.54. The van der Waals surface area contributed by atoms with Gasteiger partial charge in [0, 0.05) is 19.8 Å². The molecule has 0 bridgehead atoms. The molecule has 3 N–H and O–H groups in total. The first kappa shape index (κ1) is 18.1. The van der Waals surface area contributed by atoms with Gasteiger partial charge >= 0.3 is 5.97 Å². The largest absolute Gasteiger partial charge is 0.480 e. The molecule has 0 aromatic heterocycles. The van der Waals surface area contributed by atoms with E-state index in [0.29, 0.717) is 19.3 Å². The number of rotatable bonds is 6. The Morgan fingerprint density at radius 2 is 1.86 bits per heavy atom. The molecule has 1 aliphatic rings. The van der Waals surface area contributed by atoms with E-state index < -0.39 is 29.9 Å². The van der Waals surface area contributed by atoms with Crippen molar-refractivity contribution < 1.29 is 24.3 Å². The Bertz CT molecular complexity index is 461. The number of carbonyl (C=O) groups is 4. The first-order chi connectivity index (χ1) is 10.2. The number of carbonyl (C=O) groups excluding carboxylic acids is 3. The number of carboxylic acid groups (broad SMARTS) is 1. The maximum absolute atomic E-state index is 12.3. The third kappa shape index (κ3) is 5.13. The van der Waals surface area contributed by atoms with Gasteiger partial charge < -0.3 is 15.7 Å². The highest BCUT2D eigenvalue weighted by molar-refractivity contribution is 5.90. The molecule has 0 aliphatic heterocycles. The molecule has 1 saturated carbocycles. The minimum Gasteiger partial charge on any atom is -0.480 e. The number of ketones is 1. The van der Waals surface area contributed by atoms with Crippen LogP contribution in [-0.2, 0) is 19.2 Å². The Hall–Kier alpha value is -1.92. The minimum absolute atomic E-state index is 0.0269. The fraction of sp³-hybridized carbons (Fsp3) is 0.733. The highest BCUT2D eigenvalue weighted by Crippen LogP contribution is 2.24. The van der Waals surface area contributed by atoms with Crippen LogP contribution in [0.15, 0.2) is 0 Å². The van der Waals surface area contributed by atoms with Crippen LogP contribution in [0.3, 0.4) is 0 Å². The fourth-order valence-corrected chi connectivity index (χ4v) is 2.72. The second-order valence-corrected chi connectivity index (χ2v) is 6.14. The first-order valence-electron chi connectivity index (χ1n) is 7.54. The second kappa shape index (κ2) is 7.91. The average Bonchev–Trinajstić information content (AvgIpc) is 2.41.